The molecule has 2 aromatic rings. The molecule has 0 radical (unpaired) electrons. The van der Waals surface area contributed by atoms with E-state index in [-0.39, 0.29) is 5.03 Å². The van der Waals surface area contributed by atoms with E-state index in [9.17, 15) is 8.76 Å². The minimum Gasteiger partial charge on any atom is -0.767 e. The fourth-order valence-electron chi connectivity index (χ4n) is 0.829. The predicted octanol–water partition coefficient (Wildman–Crippen LogP) is 0.634. The first-order valence-electron chi connectivity index (χ1n) is 2.79. The van der Waals surface area contributed by atoms with Gasteiger partial charge in [0, 0.05) is 11.6 Å². The molecule has 0 fully saturated rings. The summed E-state index contributed by atoms with van der Waals surface area (Å²) in [7, 11) is 0. The molecule has 0 spiro atoms. The zero-order chi connectivity index (χ0) is 7.84. The van der Waals surface area contributed by atoms with E-state index >= 15 is 0 Å². The molecule has 0 amide bonds. The van der Waals surface area contributed by atoms with Crippen molar-refractivity contribution in [3.8, 4) is 0 Å². The maximum atomic E-state index is 10.5. The minimum atomic E-state index is -2.19. The third-order valence-electron chi connectivity index (χ3n) is 1.28. The van der Waals surface area contributed by atoms with Gasteiger partial charge in [-0.2, -0.15) is 0 Å². The molecule has 6 heteroatoms. The van der Waals surface area contributed by atoms with Crippen molar-refractivity contribution in [2.24, 2.45) is 0 Å². The Morgan fingerprint density at radius 3 is 3.27 bits per heavy atom. The topological polar surface area (TPSA) is 57.4 Å². The van der Waals surface area contributed by atoms with Crippen LogP contribution in [0.1, 0.15) is 0 Å². The molecular formula is C5H3N2O2S2-. The molecule has 0 bridgehead atoms. The van der Waals surface area contributed by atoms with Crippen LogP contribution in [-0.4, -0.2) is 18.1 Å². The molecule has 2 rings (SSSR count). The van der Waals surface area contributed by atoms with Crippen molar-refractivity contribution in [1.82, 2.24) is 9.38 Å². The lowest BCUT2D eigenvalue weighted by atomic mass is 10.9. The fraction of sp³-hybridized carbons (Fsp3) is 0. The minimum absolute atomic E-state index is 0.209. The van der Waals surface area contributed by atoms with Crippen LogP contribution in [0.15, 0.2) is 22.8 Å². The first kappa shape index (κ1) is 6.96. The standard InChI is InChI=1S/C5H4N2O2S2/c8-11(9)4-3-6-5-7(4)1-2-10-5/h1-3H,(H,8,9)/p-1. The summed E-state index contributed by atoms with van der Waals surface area (Å²) in [4.78, 5) is 4.59. The highest BCUT2D eigenvalue weighted by atomic mass is 32.2. The van der Waals surface area contributed by atoms with E-state index < -0.39 is 11.1 Å². The van der Waals surface area contributed by atoms with Crippen LogP contribution in [-0.2, 0) is 11.1 Å². The molecule has 0 saturated carbocycles. The maximum absolute atomic E-state index is 10.5. The molecule has 0 aliphatic rings. The summed E-state index contributed by atoms with van der Waals surface area (Å²) in [5.74, 6) is 0. The summed E-state index contributed by atoms with van der Waals surface area (Å²) in [6.45, 7) is 0. The van der Waals surface area contributed by atoms with Crippen LogP contribution in [0, 0.1) is 0 Å². The third kappa shape index (κ3) is 0.991. The van der Waals surface area contributed by atoms with Crippen LogP contribution in [0.3, 0.4) is 0 Å². The highest BCUT2D eigenvalue weighted by Crippen LogP contribution is 2.13. The average molecular weight is 187 g/mol. The number of hydrogen-bond donors (Lipinski definition) is 0. The Labute approximate surface area is 68.8 Å². The van der Waals surface area contributed by atoms with Crippen molar-refractivity contribution in [2.75, 3.05) is 0 Å². The molecule has 1 unspecified atom stereocenters. The Morgan fingerprint density at radius 2 is 2.55 bits per heavy atom. The number of imidazole rings is 1. The molecule has 0 aromatic carbocycles. The lowest BCUT2D eigenvalue weighted by Crippen LogP contribution is -1.91. The lowest BCUT2D eigenvalue weighted by molar-refractivity contribution is 0.532. The van der Waals surface area contributed by atoms with E-state index in [1.807, 2.05) is 0 Å². The Morgan fingerprint density at radius 1 is 1.73 bits per heavy atom. The summed E-state index contributed by atoms with van der Waals surface area (Å²) in [5, 5.41) is 2.00. The number of aromatic nitrogens is 2. The second kappa shape index (κ2) is 2.40. The number of hydrogen-bond acceptors (Lipinski definition) is 4. The van der Waals surface area contributed by atoms with Gasteiger partial charge in [-0.05, 0) is 11.1 Å². The highest BCUT2D eigenvalue weighted by Gasteiger charge is 2.02. The number of rotatable bonds is 1. The van der Waals surface area contributed by atoms with Gasteiger partial charge in [-0.25, -0.2) is 4.98 Å². The Hall–Kier alpha value is -0.720. The van der Waals surface area contributed by atoms with E-state index in [0.717, 1.165) is 0 Å². The van der Waals surface area contributed by atoms with Crippen LogP contribution in [0.2, 0.25) is 0 Å². The fourth-order valence-corrected chi connectivity index (χ4v) is 2.02. The summed E-state index contributed by atoms with van der Waals surface area (Å²) < 4.78 is 22.6. The average Bonchev–Trinajstić information content (AvgIpc) is 2.41. The van der Waals surface area contributed by atoms with Gasteiger partial charge < -0.3 is 4.55 Å². The smallest absolute Gasteiger partial charge is 0.194 e. The second-order valence-corrected chi connectivity index (χ2v) is 3.65. The van der Waals surface area contributed by atoms with Gasteiger partial charge in [-0.1, -0.05) is 0 Å². The van der Waals surface area contributed by atoms with Crippen molar-refractivity contribution >= 4 is 27.4 Å². The summed E-state index contributed by atoms with van der Waals surface area (Å²) >= 11 is -0.790. The van der Waals surface area contributed by atoms with Crippen molar-refractivity contribution in [1.29, 1.82) is 0 Å². The van der Waals surface area contributed by atoms with Crippen molar-refractivity contribution in [3.05, 3.63) is 17.8 Å². The van der Waals surface area contributed by atoms with E-state index in [1.165, 1.54) is 21.9 Å². The van der Waals surface area contributed by atoms with Gasteiger partial charge in [0.15, 0.2) is 4.96 Å². The molecule has 4 nitrogen and oxygen atoms in total. The predicted molar refractivity (Wildman–Crippen MR) is 40.3 cm³/mol. The molecular weight excluding hydrogens is 184 g/mol. The van der Waals surface area contributed by atoms with E-state index in [4.69, 9.17) is 0 Å². The van der Waals surface area contributed by atoms with Gasteiger partial charge in [0.05, 0.1) is 6.20 Å². The number of thiazole rings is 1. The van der Waals surface area contributed by atoms with Crippen LogP contribution >= 0.6 is 11.3 Å². The number of fused-ring (bicyclic) bond motifs is 1. The molecule has 1 atom stereocenters. The SMILES string of the molecule is O=S([O-])c1cnc2sccn12. The Balaban J connectivity index is 2.78. The van der Waals surface area contributed by atoms with Crippen LogP contribution < -0.4 is 0 Å². The van der Waals surface area contributed by atoms with Crippen LogP contribution in [0.4, 0.5) is 0 Å². The first-order valence-corrected chi connectivity index (χ1v) is 4.74. The van der Waals surface area contributed by atoms with E-state index in [0.29, 0.717) is 4.96 Å². The van der Waals surface area contributed by atoms with Gasteiger partial charge in [-0.15, -0.1) is 11.3 Å². The van der Waals surface area contributed by atoms with Gasteiger partial charge in [0.1, 0.15) is 5.03 Å². The molecule has 0 saturated heterocycles. The third-order valence-corrected chi connectivity index (χ3v) is 2.70. The second-order valence-electron chi connectivity index (χ2n) is 1.89. The molecule has 0 aliphatic heterocycles. The van der Waals surface area contributed by atoms with Crippen molar-refractivity contribution in [3.63, 3.8) is 0 Å². The molecule has 2 heterocycles. The van der Waals surface area contributed by atoms with Crippen molar-refractivity contribution in [2.45, 2.75) is 5.03 Å². The molecule has 0 N–H and O–H groups in total. The van der Waals surface area contributed by atoms with E-state index in [2.05, 4.69) is 4.98 Å². The van der Waals surface area contributed by atoms with Crippen molar-refractivity contribution < 1.29 is 8.76 Å². The lowest BCUT2D eigenvalue weighted by Gasteiger charge is -2.00. The monoisotopic (exact) mass is 187 g/mol. The Kier molecular flexibility index (Phi) is 1.52. The van der Waals surface area contributed by atoms with Gasteiger partial charge in [0.25, 0.3) is 0 Å². The first-order chi connectivity index (χ1) is 5.29. The highest BCUT2D eigenvalue weighted by molar-refractivity contribution is 7.79. The summed E-state index contributed by atoms with van der Waals surface area (Å²) in [6, 6.07) is 0. The Bertz CT molecular complexity index is 405. The summed E-state index contributed by atoms with van der Waals surface area (Å²) in [5.41, 5.74) is 0. The van der Waals surface area contributed by atoms with Gasteiger partial charge in [-0.3, -0.25) is 8.61 Å². The normalized spacial score (nSPS) is 13.9. The van der Waals surface area contributed by atoms with Crippen LogP contribution in [0.25, 0.3) is 4.96 Å². The molecule has 11 heavy (non-hydrogen) atoms. The molecule has 58 valence electrons. The molecule has 0 aliphatic carbocycles. The molecule has 2 aromatic heterocycles. The van der Waals surface area contributed by atoms with Gasteiger partial charge in [0.2, 0.25) is 0 Å². The largest absolute Gasteiger partial charge is 0.767 e. The summed E-state index contributed by atoms with van der Waals surface area (Å²) in [6.07, 6.45) is 3.02. The van der Waals surface area contributed by atoms with E-state index in [1.54, 1.807) is 11.6 Å². The maximum Gasteiger partial charge on any atom is 0.194 e. The van der Waals surface area contributed by atoms with Gasteiger partial charge >= 0.3 is 0 Å². The van der Waals surface area contributed by atoms with Crippen LogP contribution in [0.5, 0.6) is 0 Å². The number of nitrogens with zero attached hydrogens (tertiary/aromatic N) is 2. The zero-order valence-corrected chi connectivity index (χ0v) is 6.89. The zero-order valence-electron chi connectivity index (χ0n) is 5.26. The quantitative estimate of drug-likeness (QED) is 0.615.